The van der Waals surface area contributed by atoms with Crippen molar-refractivity contribution in [3.63, 3.8) is 0 Å². The van der Waals surface area contributed by atoms with E-state index in [1.165, 1.54) is 0 Å². The number of nitrogens with one attached hydrogen (secondary N) is 2. The number of hydrogen-bond acceptors (Lipinski definition) is 3. The first-order valence-corrected chi connectivity index (χ1v) is 6.90. The first-order chi connectivity index (χ1) is 9.46. The molecule has 0 aliphatic heterocycles. The molecule has 0 saturated heterocycles. The van der Waals surface area contributed by atoms with Crippen LogP contribution >= 0.6 is 0 Å². The summed E-state index contributed by atoms with van der Waals surface area (Å²) in [6, 6.07) is 16.5. The largest absolute Gasteiger partial charge is 0.380 e. The molecule has 0 bridgehead atoms. The van der Waals surface area contributed by atoms with Crippen LogP contribution in [0.3, 0.4) is 0 Å². The zero-order chi connectivity index (χ0) is 14.6. The molecule has 2 aromatic carbocycles. The minimum atomic E-state index is 0.0764. The van der Waals surface area contributed by atoms with E-state index in [0.717, 1.165) is 22.6 Å². The molecule has 0 saturated carbocycles. The Morgan fingerprint density at radius 2 is 1.25 bits per heavy atom. The molecule has 2 aromatic rings. The van der Waals surface area contributed by atoms with E-state index >= 15 is 0 Å². The highest BCUT2D eigenvalue weighted by molar-refractivity contribution is 5.62. The van der Waals surface area contributed by atoms with Gasteiger partial charge in [0.25, 0.3) is 0 Å². The highest BCUT2D eigenvalue weighted by Crippen LogP contribution is 2.21. The summed E-state index contributed by atoms with van der Waals surface area (Å²) >= 11 is 0. The molecule has 0 amide bonds. The molecule has 106 valence electrons. The molecule has 0 aliphatic rings. The smallest absolute Gasteiger partial charge is 0.0385 e. The van der Waals surface area contributed by atoms with E-state index < -0.39 is 0 Å². The lowest BCUT2D eigenvalue weighted by Gasteiger charge is -2.22. The standard InChI is InChI=1S/C17H23N3/c1-17(2,3)20-16-10-8-15(9-11-16)19-14-6-4-13(12-18)5-7-14/h4-11,19-20H,12,18H2,1-3H3. The maximum absolute atomic E-state index is 5.59. The summed E-state index contributed by atoms with van der Waals surface area (Å²) in [6.07, 6.45) is 0. The monoisotopic (exact) mass is 269 g/mol. The Balaban J connectivity index is 2.02. The average molecular weight is 269 g/mol. The second-order valence-corrected chi connectivity index (χ2v) is 5.98. The van der Waals surface area contributed by atoms with Gasteiger partial charge < -0.3 is 16.4 Å². The van der Waals surface area contributed by atoms with E-state index in [0.29, 0.717) is 6.54 Å². The molecule has 2 rings (SSSR count). The lowest BCUT2D eigenvalue weighted by molar-refractivity contribution is 0.634. The van der Waals surface area contributed by atoms with Gasteiger partial charge in [0, 0.05) is 29.1 Å². The van der Waals surface area contributed by atoms with Crippen LogP contribution in [0.1, 0.15) is 26.3 Å². The van der Waals surface area contributed by atoms with Crippen LogP contribution in [0.2, 0.25) is 0 Å². The first-order valence-electron chi connectivity index (χ1n) is 6.90. The highest BCUT2D eigenvalue weighted by Gasteiger charge is 2.08. The van der Waals surface area contributed by atoms with Gasteiger partial charge in [-0.2, -0.15) is 0 Å². The van der Waals surface area contributed by atoms with E-state index in [1.54, 1.807) is 0 Å². The van der Waals surface area contributed by atoms with Crippen molar-refractivity contribution in [1.82, 2.24) is 0 Å². The number of hydrogen-bond donors (Lipinski definition) is 3. The Bertz CT molecular complexity index is 536. The Morgan fingerprint density at radius 3 is 1.70 bits per heavy atom. The van der Waals surface area contributed by atoms with Crippen molar-refractivity contribution in [2.45, 2.75) is 32.9 Å². The fourth-order valence-corrected chi connectivity index (χ4v) is 1.96. The quantitative estimate of drug-likeness (QED) is 0.783. The van der Waals surface area contributed by atoms with E-state index in [1.807, 2.05) is 24.3 Å². The minimum Gasteiger partial charge on any atom is -0.380 e. The highest BCUT2D eigenvalue weighted by atomic mass is 14.9. The van der Waals surface area contributed by atoms with E-state index in [9.17, 15) is 0 Å². The third-order valence-corrected chi connectivity index (χ3v) is 2.88. The average Bonchev–Trinajstić information content (AvgIpc) is 2.40. The minimum absolute atomic E-state index is 0.0764. The van der Waals surface area contributed by atoms with Crippen LogP contribution in [-0.4, -0.2) is 5.54 Å². The molecule has 20 heavy (non-hydrogen) atoms. The van der Waals surface area contributed by atoms with Crippen LogP contribution in [0.4, 0.5) is 17.1 Å². The summed E-state index contributed by atoms with van der Waals surface area (Å²) in [7, 11) is 0. The van der Waals surface area contributed by atoms with E-state index in [4.69, 9.17) is 5.73 Å². The Hall–Kier alpha value is -2.00. The van der Waals surface area contributed by atoms with Crippen molar-refractivity contribution in [3.05, 3.63) is 54.1 Å². The zero-order valence-corrected chi connectivity index (χ0v) is 12.4. The molecular formula is C17H23N3. The van der Waals surface area contributed by atoms with Gasteiger partial charge in [-0.15, -0.1) is 0 Å². The van der Waals surface area contributed by atoms with Crippen molar-refractivity contribution in [2.75, 3.05) is 10.6 Å². The predicted octanol–water partition coefficient (Wildman–Crippen LogP) is 4.10. The van der Waals surface area contributed by atoms with Gasteiger partial charge in [0.2, 0.25) is 0 Å². The maximum Gasteiger partial charge on any atom is 0.0385 e. The Labute approximate surface area is 121 Å². The fraction of sp³-hybridized carbons (Fsp3) is 0.294. The van der Waals surface area contributed by atoms with Gasteiger partial charge in [-0.3, -0.25) is 0 Å². The van der Waals surface area contributed by atoms with Gasteiger partial charge >= 0.3 is 0 Å². The molecule has 0 heterocycles. The third kappa shape index (κ3) is 4.28. The maximum atomic E-state index is 5.59. The molecule has 3 heteroatoms. The fourth-order valence-electron chi connectivity index (χ4n) is 1.96. The number of rotatable bonds is 4. The van der Waals surface area contributed by atoms with Crippen LogP contribution in [0.5, 0.6) is 0 Å². The molecule has 0 fully saturated rings. The number of anilines is 3. The van der Waals surface area contributed by atoms with Crippen LogP contribution in [0.25, 0.3) is 0 Å². The summed E-state index contributed by atoms with van der Waals surface area (Å²) in [4.78, 5) is 0. The third-order valence-electron chi connectivity index (χ3n) is 2.88. The summed E-state index contributed by atoms with van der Waals surface area (Å²) in [5, 5.41) is 6.82. The summed E-state index contributed by atoms with van der Waals surface area (Å²) in [6.45, 7) is 7.03. The van der Waals surface area contributed by atoms with Crippen molar-refractivity contribution < 1.29 is 0 Å². The summed E-state index contributed by atoms with van der Waals surface area (Å²) < 4.78 is 0. The molecular weight excluding hydrogens is 246 g/mol. The predicted molar refractivity (Wildman–Crippen MR) is 87.4 cm³/mol. The van der Waals surface area contributed by atoms with Gasteiger partial charge in [0.1, 0.15) is 0 Å². The van der Waals surface area contributed by atoms with E-state index in [2.05, 4.69) is 55.7 Å². The zero-order valence-electron chi connectivity index (χ0n) is 12.4. The summed E-state index contributed by atoms with van der Waals surface area (Å²) in [5.41, 5.74) is 10.1. The Morgan fingerprint density at radius 1 is 0.800 bits per heavy atom. The van der Waals surface area contributed by atoms with Crippen LogP contribution in [-0.2, 0) is 6.54 Å². The van der Waals surface area contributed by atoms with Crippen molar-refractivity contribution in [1.29, 1.82) is 0 Å². The lowest BCUT2D eigenvalue weighted by atomic mass is 10.1. The second-order valence-electron chi connectivity index (χ2n) is 5.98. The van der Waals surface area contributed by atoms with Gasteiger partial charge in [0.05, 0.1) is 0 Å². The SMILES string of the molecule is CC(C)(C)Nc1ccc(Nc2ccc(CN)cc2)cc1. The molecule has 0 radical (unpaired) electrons. The topological polar surface area (TPSA) is 50.1 Å². The summed E-state index contributed by atoms with van der Waals surface area (Å²) in [5.74, 6) is 0. The van der Waals surface area contributed by atoms with Crippen LogP contribution in [0, 0.1) is 0 Å². The molecule has 0 spiro atoms. The molecule has 0 unspecified atom stereocenters. The van der Waals surface area contributed by atoms with Crippen molar-refractivity contribution in [3.8, 4) is 0 Å². The second kappa shape index (κ2) is 5.97. The van der Waals surface area contributed by atoms with Gasteiger partial charge in [-0.1, -0.05) is 12.1 Å². The first kappa shape index (κ1) is 14.4. The number of nitrogens with two attached hydrogens (primary N) is 1. The molecule has 0 atom stereocenters. The van der Waals surface area contributed by atoms with Crippen molar-refractivity contribution >= 4 is 17.1 Å². The van der Waals surface area contributed by atoms with E-state index in [-0.39, 0.29) is 5.54 Å². The van der Waals surface area contributed by atoms with Crippen LogP contribution in [0.15, 0.2) is 48.5 Å². The molecule has 0 aliphatic carbocycles. The van der Waals surface area contributed by atoms with Gasteiger partial charge in [-0.05, 0) is 62.7 Å². The number of benzene rings is 2. The Kier molecular flexibility index (Phi) is 4.30. The molecule has 3 nitrogen and oxygen atoms in total. The van der Waals surface area contributed by atoms with Crippen molar-refractivity contribution in [2.24, 2.45) is 5.73 Å². The normalized spacial score (nSPS) is 11.2. The van der Waals surface area contributed by atoms with Gasteiger partial charge in [-0.25, -0.2) is 0 Å². The molecule has 4 N–H and O–H groups in total. The van der Waals surface area contributed by atoms with Gasteiger partial charge in [0.15, 0.2) is 0 Å². The molecule has 0 aromatic heterocycles. The lowest BCUT2D eigenvalue weighted by Crippen LogP contribution is -2.25. The van der Waals surface area contributed by atoms with Crippen LogP contribution < -0.4 is 16.4 Å².